The third-order valence-corrected chi connectivity index (χ3v) is 6.29. The second-order valence-electron chi connectivity index (χ2n) is 8.17. The van der Waals surface area contributed by atoms with E-state index in [9.17, 15) is 9.18 Å². The Balaban J connectivity index is 1.38. The number of nitrogens with zero attached hydrogens (tertiary/aromatic N) is 3. The fourth-order valence-electron chi connectivity index (χ4n) is 4.17. The van der Waals surface area contributed by atoms with Crippen LogP contribution >= 0.6 is 11.6 Å². The summed E-state index contributed by atoms with van der Waals surface area (Å²) in [6, 6.07) is 17.0. The molecule has 3 aromatic carbocycles. The van der Waals surface area contributed by atoms with E-state index in [1.54, 1.807) is 36.4 Å². The monoisotopic (exact) mass is 463 g/mol. The van der Waals surface area contributed by atoms with Gasteiger partial charge in [-0.15, -0.1) is 0 Å². The Morgan fingerprint density at radius 2 is 1.73 bits per heavy atom. The Labute approximate surface area is 196 Å². The quantitative estimate of drug-likeness (QED) is 0.388. The summed E-state index contributed by atoms with van der Waals surface area (Å²) in [4.78, 5) is 20.0. The SMILES string of the molecule is O=c1c2ccc(-c3ccc(F)cc3)cc2ncn1-c1ccc(OCCN2CCCC2)c(Cl)c1. The molecule has 0 N–H and O–H groups in total. The van der Waals surface area contributed by atoms with Gasteiger partial charge in [0.05, 0.1) is 21.6 Å². The summed E-state index contributed by atoms with van der Waals surface area (Å²) in [5, 5.41) is 0.943. The molecule has 0 spiro atoms. The summed E-state index contributed by atoms with van der Waals surface area (Å²) < 4.78 is 20.5. The van der Waals surface area contributed by atoms with Crippen LogP contribution in [0.25, 0.3) is 27.7 Å². The highest BCUT2D eigenvalue weighted by Gasteiger charge is 2.13. The van der Waals surface area contributed by atoms with E-state index >= 15 is 0 Å². The molecule has 1 aliphatic rings. The number of rotatable bonds is 6. The average Bonchev–Trinajstić information content (AvgIpc) is 3.34. The number of benzene rings is 3. The lowest BCUT2D eigenvalue weighted by Crippen LogP contribution is -2.25. The molecule has 5 rings (SSSR count). The predicted molar refractivity (Wildman–Crippen MR) is 129 cm³/mol. The molecule has 0 bridgehead atoms. The van der Waals surface area contributed by atoms with Crippen molar-refractivity contribution in [2.45, 2.75) is 12.8 Å². The van der Waals surface area contributed by atoms with Gasteiger partial charge in [-0.2, -0.15) is 0 Å². The van der Waals surface area contributed by atoms with E-state index in [4.69, 9.17) is 16.3 Å². The second kappa shape index (κ2) is 9.33. The van der Waals surface area contributed by atoms with Crippen LogP contribution < -0.4 is 10.3 Å². The number of halogens is 2. The Hall–Kier alpha value is -3.22. The highest BCUT2D eigenvalue weighted by atomic mass is 35.5. The molecule has 1 fully saturated rings. The van der Waals surface area contributed by atoms with Crippen LogP contribution in [0.1, 0.15) is 12.8 Å². The number of fused-ring (bicyclic) bond motifs is 1. The Morgan fingerprint density at radius 3 is 2.48 bits per heavy atom. The molecule has 168 valence electrons. The molecule has 7 heteroatoms. The van der Waals surface area contributed by atoms with Gasteiger partial charge in [0.1, 0.15) is 24.5 Å². The normalized spacial score (nSPS) is 14.1. The molecule has 0 amide bonds. The van der Waals surface area contributed by atoms with Crippen molar-refractivity contribution in [1.29, 1.82) is 0 Å². The van der Waals surface area contributed by atoms with E-state index in [1.807, 2.05) is 12.1 Å². The largest absolute Gasteiger partial charge is 0.491 e. The molecule has 1 saturated heterocycles. The number of ether oxygens (including phenoxy) is 1. The number of aromatic nitrogens is 2. The molecule has 0 unspecified atom stereocenters. The lowest BCUT2D eigenvalue weighted by atomic mass is 10.0. The van der Waals surface area contributed by atoms with E-state index in [-0.39, 0.29) is 11.4 Å². The smallest absolute Gasteiger partial charge is 0.265 e. The maximum absolute atomic E-state index is 13.2. The van der Waals surface area contributed by atoms with E-state index in [0.29, 0.717) is 34.0 Å². The van der Waals surface area contributed by atoms with Gasteiger partial charge in [-0.1, -0.05) is 29.8 Å². The first-order valence-corrected chi connectivity index (χ1v) is 11.4. The van der Waals surface area contributed by atoms with Crippen molar-refractivity contribution in [3.63, 3.8) is 0 Å². The summed E-state index contributed by atoms with van der Waals surface area (Å²) in [6.45, 7) is 3.71. The number of hydrogen-bond acceptors (Lipinski definition) is 4. The maximum Gasteiger partial charge on any atom is 0.265 e. The van der Waals surface area contributed by atoms with Crippen molar-refractivity contribution in [3.8, 4) is 22.6 Å². The highest BCUT2D eigenvalue weighted by molar-refractivity contribution is 6.32. The number of hydrogen-bond donors (Lipinski definition) is 0. The summed E-state index contributed by atoms with van der Waals surface area (Å²) >= 11 is 6.44. The number of likely N-dealkylation sites (tertiary alicyclic amines) is 1. The van der Waals surface area contributed by atoms with Crippen LogP contribution in [-0.2, 0) is 0 Å². The first-order valence-electron chi connectivity index (χ1n) is 11.0. The topological polar surface area (TPSA) is 47.4 Å². The van der Waals surface area contributed by atoms with Crippen molar-refractivity contribution in [1.82, 2.24) is 14.5 Å². The summed E-state index contributed by atoms with van der Waals surface area (Å²) in [5.74, 6) is 0.313. The molecule has 2 heterocycles. The summed E-state index contributed by atoms with van der Waals surface area (Å²) in [5.41, 5.74) is 2.73. The van der Waals surface area contributed by atoms with Crippen LogP contribution in [0.2, 0.25) is 5.02 Å². The van der Waals surface area contributed by atoms with Crippen LogP contribution in [0.3, 0.4) is 0 Å². The third-order valence-electron chi connectivity index (χ3n) is 5.99. The van der Waals surface area contributed by atoms with E-state index in [1.165, 1.54) is 35.9 Å². The van der Waals surface area contributed by atoms with E-state index in [0.717, 1.165) is 30.8 Å². The van der Waals surface area contributed by atoms with Gasteiger partial charge in [0.2, 0.25) is 0 Å². The van der Waals surface area contributed by atoms with Crippen LogP contribution in [0, 0.1) is 5.82 Å². The highest BCUT2D eigenvalue weighted by Crippen LogP contribution is 2.27. The molecular weight excluding hydrogens is 441 g/mol. The van der Waals surface area contributed by atoms with Crippen LogP contribution in [0.5, 0.6) is 5.75 Å². The van der Waals surface area contributed by atoms with Gasteiger partial charge in [-0.3, -0.25) is 14.3 Å². The van der Waals surface area contributed by atoms with Crippen LogP contribution in [0.15, 0.2) is 71.8 Å². The first-order chi connectivity index (χ1) is 16.1. The zero-order valence-electron chi connectivity index (χ0n) is 18.0. The molecular formula is C26H23ClFN3O2. The second-order valence-corrected chi connectivity index (χ2v) is 8.58. The Kier molecular flexibility index (Phi) is 6.11. The third kappa shape index (κ3) is 4.63. The predicted octanol–water partition coefficient (Wildman–Crippen LogP) is 5.32. The van der Waals surface area contributed by atoms with Crippen LogP contribution in [0.4, 0.5) is 4.39 Å². The standard InChI is InChI=1S/C26H23ClFN3O2/c27-23-16-21(8-10-25(23)33-14-13-30-11-1-2-12-30)31-17-29-24-15-19(5-9-22(24)26(31)32)18-3-6-20(28)7-4-18/h3-10,15-17H,1-2,11-14H2. The van der Waals surface area contributed by atoms with Gasteiger partial charge in [0, 0.05) is 6.54 Å². The molecule has 1 aliphatic heterocycles. The minimum atomic E-state index is -0.290. The zero-order chi connectivity index (χ0) is 22.8. The van der Waals surface area contributed by atoms with Crippen molar-refractivity contribution in [3.05, 3.63) is 88.2 Å². The summed E-state index contributed by atoms with van der Waals surface area (Å²) in [7, 11) is 0. The van der Waals surface area contributed by atoms with Gasteiger partial charge in [0.15, 0.2) is 0 Å². The molecule has 33 heavy (non-hydrogen) atoms. The van der Waals surface area contributed by atoms with Gasteiger partial charge >= 0.3 is 0 Å². The average molecular weight is 464 g/mol. The zero-order valence-corrected chi connectivity index (χ0v) is 18.8. The molecule has 4 aromatic rings. The van der Waals surface area contributed by atoms with Crippen LogP contribution in [-0.4, -0.2) is 40.7 Å². The van der Waals surface area contributed by atoms with Crippen molar-refractivity contribution >= 4 is 22.5 Å². The van der Waals surface area contributed by atoms with Gasteiger partial charge in [0.25, 0.3) is 5.56 Å². The summed E-state index contributed by atoms with van der Waals surface area (Å²) in [6.07, 6.45) is 3.99. The fourth-order valence-corrected chi connectivity index (χ4v) is 4.40. The maximum atomic E-state index is 13.2. The first kappa shape index (κ1) is 21.6. The van der Waals surface area contributed by atoms with Gasteiger partial charge in [-0.25, -0.2) is 9.37 Å². The molecule has 1 aromatic heterocycles. The lowest BCUT2D eigenvalue weighted by molar-refractivity contribution is 0.238. The molecule has 5 nitrogen and oxygen atoms in total. The molecule has 0 radical (unpaired) electrons. The molecule has 0 saturated carbocycles. The minimum Gasteiger partial charge on any atom is -0.491 e. The molecule has 0 aliphatic carbocycles. The minimum absolute atomic E-state index is 0.190. The van der Waals surface area contributed by atoms with Gasteiger partial charge in [-0.05, 0) is 79.5 Å². The lowest BCUT2D eigenvalue weighted by Gasteiger charge is -2.16. The van der Waals surface area contributed by atoms with E-state index < -0.39 is 0 Å². The van der Waals surface area contributed by atoms with Crippen molar-refractivity contribution < 1.29 is 9.13 Å². The van der Waals surface area contributed by atoms with Crippen molar-refractivity contribution in [2.24, 2.45) is 0 Å². The molecule has 0 atom stereocenters. The Bertz CT molecular complexity index is 1350. The Morgan fingerprint density at radius 1 is 0.970 bits per heavy atom. The van der Waals surface area contributed by atoms with Gasteiger partial charge < -0.3 is 4.74 Å². The van der Waals surface area contributed by atoms with Crippen molar-refractivity contribution in [2.75, 3.05) is 26.2 Å². The fraction of sp³-hybridized carbons (Fsp3) is 0.231. The van der Waals surface area contributed by atoms with E-state index in [2.05, 4.69) is 9.88 Å².